The third-order valence-corrected chi connectivity index (χ3v) is 12.3. The summed E-state index contributed by atoms with van der Waals surface area (Å²) in [4.78, 5) is 56.8. The van der Waals surface area contributed by atoms with Crippen molar-refractivity contribution in [2.45, 2.75) is 121 Å². The molecule has 2 aromatic heterocycles. The summed E-state index contributed by atoms with van der Waals surface area (Å²) < 4.78 is 7.55. The van der Waals surface area contributed by atoms with Gasteiger partial charge < -0.3 is 46.2 Å². The van der Waals surface area contributed by atoms with E-state index in [0.29, 0.717) is 27.3 Å². The Hall–Kier alpha value is -5.53. The number of aromatic hydroxyl groups is 1. The lowest BCUT2D eigenvalue weighted by molar-refractivity contribution is -0.226. The maximum absolute atomic E-state index is 13.5. The molecule has 1 saturated carbocycles. The van der Waals surface area contributed by atoms with Crippen LogP contribution in [0.4, 0.5) is 0 Å². The van der Waals surface area contributed by atoms with Gasteiger partial charge in [0.25, 0.3) is 11.8 Å². The molecule has 326 valence electrons. The zero-order valence-electron chi connectivity index (χ0n) is 34.3. The molecule has 17 nitrogen and oxygen atoms in total. The van der Waals surface area contributed by atoms with Crippen molar-refractivity contribution in [3.8, 4) is 5.75 Å². The fourth-order valence-electron chi connectivity index (χ4n) is 7.94. The summed E-state index contributed by atoms with van der Waals surface area (Å²) in [6.07, 6.45) is 2.51. The number of thiazole rings is 1. The van der Waals surface area contributed by atoms with E-state index in [9.17, 15) is 44.7 Å². The van der Waals surface area contributed by atoms with Crippen molar-refractivity contribution in [1.29, 1.82) is 0 Å². The van der Waals surface area contributed by atoms with Crippen molar-refractivity contribution in [2.24, 2.45) is 0 Å². The van der Waals surface area contributed by atoms with Crippen LogP contribution in [0.1, 0.15) is 105 Å². The van der Waals surface area contributed by atoms with Gasteiger partial charge in [0.1, 0.15) is 29.4 Å². The molecule has 4 aromatic rings. The number of carboxylic acid groups (broad SMARTS) is 1. The minimum absolute atomic E-state index is 0.0375. The van der Waals surface area contributed by atoms with E-state index in [1.807, 2.05) is 12.1 Å². The van der Waals surface area contributed by atoms with E-state index in [2.05, 4.69) is 31.2 Å². The number of carbonyl (C=O) groups is 4. The minimum atomic E-state index is -2.12. The summed E-state index contributed by atoms with van der Waals surface area (Å²) in [6.45, 7) is 4.44. The average Bonchev–Trinajstić information content (AvgIpc) is 3.90. The molecule has 0 spiro atoms. The fraction of sp³-hybridized carbons (Fsp3) is 0.465. The molecule has 18 heteroatoms. The highest BCUT2D eigenvalue weighted by Crippen LogP contribution is 2.36. The smallest absolute Gasteiger partial charge is 0.336 e. The van der Waals surface area contributed by atoms with Crippen molar-refractivity contribution in [3.63, 3.8) is 0 Å². The van der Waals surface area contributed by atoms with Gasteiger partial charge in [0, 0.05) is 43.6 Å². The maximum atomic E-state index is 13.5. The zero-order chi connectivity index (χ0) is 43.8. The van der Waals surface area contributed by atoms with Gasteiger partial charge in [-0.1, -0.05) is 54.8 Å². The summed E-state index contributed by atoms with van der Waals surface area (Å²) >= 11 is 1.25. The first kappa shape index (κ1) is 45.0. The van der Waals surface area contributed by atoms with Gasteiger partial charge in [-0.3, -0.25) is 14.4 Å². The molecule has 0 unspecified atom stereocenters. The van der Waals surface area contributed by atoms with Gasteiger partial charge in [0.2, 0.25) is 5.91 Å². The van der Waals surface area contributed by atoms with Gasteiger partial charge in [-0.25, -0.2) is 14.5 Å². The van der Waals surface area contributed by atoms with Crippen LogP contribution in [0, 0.1) is 20.8 Å². The predicted molar refractivity (Wildman–Crippen MR) is 224 cm³/mol. The van der Waals surface area contributed by atoms with E-state index in [1.165, 1.54) is 28.2 Å². The summed E-state index contributed by atoms with van der Waals surface area (Å²) in [5, 5.41) is 71.6. The van der Waals surface area contributed by atoms with E-state index < -0.39 is 66.8 Å². The van der Waals surface area contributed by atoms with Gasteiger partial charge in [-0.05, 0) is 74.1 Å². The average molecular weight is 860 g/mol. The van der Waals surface area contributed by atoms with Gasteiger partial charge in [-0.15, -0.1) is 16.4 Å². The molecule has 2 aromatic carbocycles. The Morgan fingerprint density at radius 3 is 2.46 bits per heavy atom. The van der Waals surface area contributed by atoms with E-state index in [1.54, 1.807) is 56.8 Å². The molecule has 1 aliphatic heterocycles. The lowest BCUT2D eigenvalue weighted by Gasteiger charge is -2.47. The highest BCUT2D eigenvalue weighted by Gasteiger charge is 2.54. The number of carbonyl (C=O) groups excluding carboxylic acids is 3. The Balaban J connectivity index is 1.17. The highest BCUT2D eigenvalue weighted by atomic mass is 32.1. The number of aliphatic hydroxyl groups excluding tert-OH is 3. The van der Waals surface area contributed by atoms with Crippen molar-refractivity contribution in [2.75, 3.05) is 6.54 Å². The van der Waals surface area contributed by atoms with E-state index in [0.717, 1.165) is 43.4 Å². The van der Waals surface area contributed by atoms with Gasteiger partial charge in [0.05, 0.1) is 35.1 Å². The number of hydrogen-bond donors (Lipinski definition) is 8. The quantitative estimate of drug-likeness (QED) is 0.0807. The molecule has 2 aliphatic rings. The molecule has 6 rings (SSSR count). The predicted octanol–water partition coefficient (Wildman–Crippen LogP) is 3.06. The molecule has 6 atom stereocenters. The largest absolute Gasteiger partial charge is 0.507 e. The molecule has 3 amide bonds. The Labute approximate surface area is 356 Å². The molecule has 0 bridgehead atoms. The second kappa shape index (κ2) is 19.9. The van der Waals surface area contributed by atoms with Crippen LogP contribution in [0.5, 0.6) is 5.75 Å². The number of aryl methyl sites for hydroxylation is 3. The highest BCUT2D eigenvalue weighted by molar-refractivity contribution is 7.11. The third-order valence-electron chi connectivity index (χ3n) is 11.3. The zero-order valence-corrected chi connectivity index (χ0v) is 35.1. The lowest BCUT2D eigenvalue weighted by Crippen LogP contribution is -2.67. The summed E-state index contributed by atoms with van der Waals surface area (Å²) in [7, 11) is 0. The molecule has 2 fully saturated rings. The van der Waals surface area contributed by atoms with Crippen LogP contribution < -0.4 is 16.0 Å². The van der Waals surface area contributed by atoms with Gasteiger partial charge in [0.15, 0.2) is 5.60 Å². The van der Waals surface area contributed by atoms with Crippen LogP contribution in [0.25, 0.3) is 6.08 Å². The Morgan fingerprint density at radius 2 is 1.77 bits per heavy atom. The second-order valence-electron chi connectivity index (χ2n) is 16.0. The number of ether oxygens (including phenoxy) is 1. The lowest BCUT2D eigenvalue weighted by atomic mass is 9.81. The third kappa shape index (κ3) is 11.1. The van der Waals surface area contributed by atoms with E-state index >= 15 is 0 Å². The van der Waals surface area contributed by atoms with Crippen molar-refractivity contribution < 1.29 is 49.4 Å². The number of amides is 3. The van der Waals surface area contributed by atoms with Crippen molar-refractivity contribution >= 4 is 41.1 Å². The molecule has 61 heavy (non-hydrogen) atoms. The number of nitrogens with zero attached hydrogens (tertiary/aromatic N) is 4. The number of aliphatic carboxylic acids is 1. The molecular formula is C43H53N7O10S. The minimum Gasteiger partial charge on any atom is -0.507 e. The van der Waals surface area contributed by atoms with E-state index in [4.69, 9.17) is 4.74 Å². The first-order valence-electron chi connectivity index (χ1n) is 20.3. The van der Waals surface area contributed by atoms with Crippen LogP contribution in [0.3, 0.4) is 0 Å². The second-order valence-corrected chi connectivity index (χ2v) is 16.8. The number of benzene rings is 2. The monoisotopic (exact) mass is 859 g/mol. The van der Waals surface area contributed by atoms with Crippen LogP contribution in [0.2, 0.25) is 0 Å². The number of carboxylic acids is 1. The maximum Gasteiger partial charge on any atom is 0.336 e. The summed E-state index contributed by atoms with van der Waals surface area (Å²) in [5.41, 5.74) is 3.49. The number of aromatic nitrogens is 4. The number of phenolic OH excluding ortho intramolecular Hbond substituents is 1. The Morgan fingerprint density at radius 1 is 1.03 bits per heavy atom. The first-order valence-corrected chi connectivity index (χ1v) is 21.2. The number of rotatable bonds is 16. The molecule has 1 aliphatic carbocycles. The van der Waals surface area contributed by atoms with Crippen LogP contribution in [-0.2, 0) is 27.4 Å². The van der Waals surface area contributed by atoms with Crippen molar-refractivity contribution in [1.82, 2.24) is 35.9 Å². The standard InChI is InChI=1S/C43H53N7O10S/c1-24-15-30(16-25(2)36(24)54)40(56)45-20-33(52)37(55)38-35(47-34(53)22-50-21-31(48-49-50)29-12-5-4-6-13-29)32(51)18-43(60-38,42(58)59)14-8-11-27-9-7-10-28(17-27)19-44-41(57)39-26(3)46-23-61-39/h7-11,15-17,21,23,29,32-33,35,37-38,51-52,54-55H,4-6,12-14,18-20,22H2,1-3H3,(H,44,57)(H,45,56)(H,47,53)(H,58,59)/b11-8+/t32-,33+,35+,37+,38+,43+/m0/s1. The van der Waals surface area contributed by atoms with Crippen LogP contribution >= 0.6 is 11.3 Å². The number of hydrogen-bond acceptors (Lipinski definition) is 13. The SMILES string of the molecule is Cc1cc(C(=O)NC[C@@H](O)[C@@H](O)[C@@H]2O[C@@](C/C=C/c3cccc(CNC(=O)c4scnc4C)c3)(C(=O)O)C[C@H](O)[C@H]2NC(=O)Cn2cc(C3CCCCC3)nn2)cc(C)c1O. The van der Waals surface area contributed by atoms with Gasteiger partial charge >= 0.3 is 5.97 Å². The number of aliphatic hydroxyl groups is 3. The molecule has 0 radical (unpaired) electrons. The molecular weight excluding hydrogens is 807 g/mol. The fourth-order valence-corrected chi connectivity index (χ4v) is 8.66. The normalized spacial score (nSPS) is 21.8. The van der Waals surface area contributed by atoms with Crippen LogP contribution in [-0.4, -0.2) is 112 Å². The molecule has 1 saturated heterocycles. The Kier molecular flexibility index (Phi) is 14.7. The first-order chi connectivity index (χ1) is 29.1. The van der Waals surface area contributed by atoms with Gasteiger partial charge in [-0.2, -0.15) is 0 Å². The Bertz CT molecular complexity index is 2210. The topological polar surface area (TPSA) is 258 Å². The summed E-state index contributed by atoms with van der Waals surface area (Å²) in [6, 6.07) is 8.76. The van der Waals surface area contributed by atoms with E-state index in [-0.39, 0.29) is 42.6 Å². The number of phenols is 1. The van der Waals surface area contributed by atoms with Crippen LogP contribution in [0.15, 0.2) is 54.2 Å². The molecule has 3 heterocycles. The number of nitrogens with one attached hydrogen (secondary N) is 3. The molecule has 8 N–H and O–H groups in total. The summed E-state index contributed by atoms with van der Waals surface area (Å²) in [5.74, 6) is -2.66. The van der Waals surface area contributed by atoms with Crippen molar-refractivity contribution in [3.05, 3.63) is 98.3 Å².